The lowest BCUT2D eigenvalue weighted by atomic mass is 10.2. The first-order valence-electron chi connectivity index (χ1n) is 7.19. The second-order valence-electron chi connectivity index (χ2n) is 5.14. The van der Waals surface area contributed by atoms with Gasteiger partial charge in [-0.25, -0.2) is 0 Å². The molecule has 1 aliphatic heterocycles. The summed E-state index contributed by atoms with van der Waals surface area (Å²) in [5.41, 5.74) is 7.73. The Morgan fingerprint density at radius 3 is 2.58 bits per heavy atom. The predicted molar refractivity (Wildman–Crippen MR) is 80.8 cm³/mol. The Hall–Kier alpha value is -1.42. The molecular formula is C15H25N3O. The molecule has 1 saturated heterocycles. The zero-order chi connectivity index (χ0) is 13.5. The molecule has 1 aromatic rings. The molecule has 0 aromatic heterocycles. The van der Waals surface area contributed by atoms with Gasteiger partial charge in [0.25, 0.3) is 0 Å². The number of anilines is 2. The molecule has 0 atom stereocenters. The molecule has 0 bridgehead atoms. The van der Waals surface area contributed by atoms with E-state index in [0.717, 1.165) is 30.2 Å². The third kappa shape index (κ3) is 4.31. The highest BCUT2D eigenvalue weighted by molar-refractivity contribution is 5.68. The average molecular weight is 263 g/mol. The van der Waals surface area contributed by atoms with Gasteiger partial charge in [-0.2, -0.15) is 0 Å². The maximum Gasteiger partial charge on any atom is 0.121 e. The summed E-state index contributed by atoms with van der Waals surface area (Å²) in [7, 11) is 1.65. The molecule has 19 heavy (non-hydrogen) atoms. The molecular weight excluding hydrogens is 238 g/mol. The smallest absolute Gasteiger partial charge is 0.121 e. The minimum atomic E-state index is 0.746. The molecule has 1 aliphatic rings. The van der Waals surface area contributed by atoms with Crippen LogP contribution in [0.2, 0.25) is 0 Å². The second-order valence-corrected chi connectivity index (χ2v) is 5.14. The van der Waals surface area contributed by atoms with Gasteiger partial charge in [-0.3, -0.25) is 0 Å². The van der Waals surface area contributed by atoms with Crippen LogP contribution >= 0.6 is 0 Å². The molecule has 1 heterocycles. The van der Waals surface area contributed by atoms with Crippen LogP contribution in [0, 0.1) is 0 Å². The van der Waals surface area contributed by atoms with Gasteiger partial charge in [0.05, 0.1) is 18.5 Å². The zero-order valence-corrected chi connectivity index (χ0v) is 11.8. The Kier molecular flexibility index (Phi) is 5.33. The van der Waals surface area contributed by atoms with Crippen LogP contribution in [0.15, 0.2) is 18.2 Å². The van der Waals surface area contributed by atoms with Crippen LogP contribution in [0.1, 0.15) is 25.7 Å². The molecule has 1 fully saturated rings. The molecule has 0 saturated carbocycles. The van der Waals surface area contributed by atoms with Crippen LogP contribution < -0.4 is 15.8 Å². The second kappa shape index (κ2) is 7.24. The Morgan fingerprint density at radius 1 is 1.21 bits per heavy atom. The first-order valence-corrected chi connectivity index (χ1v) is 7.19. The van der Waals surface area contributed by atoms with Crippen molar-refractivity contribution < 1.29 is 4.74 Å². The van der Waals surface area contributed by atoms with Crippen LogP contribution in [-0.4, -0.2) is 38.2 Å². The SMILES string of the molecule is COc1ccc(NCCN2CCCCCC2)c(N)c1. The molecule has 4 nitrogen and oxygen atoms in total. The number of rotatable bonds is 5. The van der Waals surface area contributed by atoms with E-state index in [1.165, 1.54) is 38.8 Å². The molecule has 0 radical (unpaired) electrons. The van der Waals surface area contributed by atoms with Gasteiger partial charge < -0.3 is 20.7 Å². The summed E-state index contributed by atoms with van der Waals surface area (Å²) in [6.45, 7) is 4.50. The van der Waals surface area contributed by atoms with Crippen LogP contribution in [0.4, 0.5) is 11.4 Å². The van der Waals surface area contributed by atoms with E-state index >= 15 is 0 Å². The largest absolute Gasteiger partial charge is 0.497 e. The third-order valence-corrected chi connectivity index (χ3v) is 3.70. The number of hydrogen-bond acceptors (Lipinski definition) is 4. The van der Waals surface area contributed by atoms with E-state index in [1.807, 2.05) is 18.2 Å². The van der Waals surface area contributed by atoms with Crippen molar-refractivity contribution >= 4 is 11.4 Å². The fraction of sp³-hybridized carbons (Fsp3) is 0.600. The van der Waals surface area contributed by atoms with Crippen LogP contribution in [0.3, 0.4) is 0 Å². The van der Waals surface area contributed by atoms with Crippen molar-refractivity contribution in [3.05, 3.63) is 18.2 Å². The molecule has 0 amide bonds. The summed E-state index contributed by atoms with van der Waals surface area (Å²) in [4.78, 5) is 2.54. The van der Waals surface area contributed by atoms with E-state index in [9.17, 15) is 0 Å². The topological polar surface area (TPSA) is 50.5 Å². The molecule has 4 heteroatoms. The number of nitrogens with zero attached hydrogens (tertiary/aromatic N) is 1. The van der Waals surface area contributed by atoms with Gasteiger partial charge in [0.15, 0.2) is 0 Å². The lowest BCUT2D eigenvalue weighted by Gasteiger charge is -2.20. The molecule has 0 unspecified atom stereocenters. The summed E-state index contributed by atoms with van der Waals surface area (Å²) >= 11 is 0. The van der Waals surface area contributed by atoms with E-state index in [2.05, 4.69) is 10.2 Å². The fourth-order valence-electron chi connectivity index (χ4n) is 2.54. The highest BCUT2D eigenvalue weighted by atomic mass is 16.5. The van der Waals surface area contributed by atoms with Gasteiger partial charge in [-0.05, 0) is 38.1 Å². The molecule has 2 rings (SSSR count). The standard InChI is InChI=1S/C15H25N3O/c1-19-13-6-7-15(14(16)12-13)17-8-11-18-9-4-2-3-5-10-18/h6-7,12,17H,2-5,8-11,16H2,1H3. The van der Waals surface area contributed by atoms with Crippen molar-refractivity contribution in [2.24, 2.45) is 0 Å². The monoisotopic (exact) mass is 263 g/mol. The Morgan fingerprint density at radius 2 is 1.95 bits per heavy atom. The van der Waals surface area contributed by atoms with Crippen molar-refractivity contribution in [3.63, 3.8) is 0 Å². The number of nitrogens with two attached hydrogens (primary N) is 1. The van der Waals surface area contributed by atoms with E-state index in [4.69, 9.17) is 10.5 Å². The first-order chi connectivity index (χ1) is 9.29. The summed E-state index contributed by atoms with van der Waals surface area (Å²) < 4.78 is 5.15. The van der Waals surface area contributed by atoms with Crippen molar-refractivity contribution in [1.29, 1.82) is 0 Å². The molecule has 1 aromatic carbocycles. The number of likely N-dealkylation sites (tertiary alicyclic amines) is 1. The lowest BCUT2D eigenvalue weighted by Crippen LogP contribution is -2.30. The van der Waals surface area contributed by atoms with Gasteiger partial charge >= 0.3 is 0 Å². The van der Waals surface area contributed by atoms with E-state index in [1.54, 1.807) is 7.11 Å². The number of hydrogen-bond donors (Lipinski definition) is 2. The van der Waals surface area contributed by atoms with Gasteiger partial charge in [0.2, 0.25) is 0 Å². The number of ether oxygens (including phenoxy) is 1. The van der Waals surface area contributed by atoms with Crippen LogP contribution in [-0.2, 0) is 0 Å². The third-order valence-electron chi connectivity index (χ3n) is 3.70. The van der Waals surface area contributed by atoms with Crippen molar-refractivity contribution in [2.75, 3.05) is 44.3 Å². The number of nitrogen functional groups attached to an aromatic ring is 1. The maximum absolute atomic E-state index is 5.99. The quantitative estimate of drug-likeness (QED) is 0.802. The van der Waals surface area contributed by atoms with Crippen LogP contribution in [0.25, 0.3) is 0 Å². The highest BCUT2D eigenvalue weighted by Crippen LogP contribution is 2.23. The van der Waals surface area contributed by atoms with E-state index in [-0.39, 0.29) is 0 Å². The Bertz CT molecular complexity index is 387. The minimum absolute atomic E-state index is 0.746. The minimum Gasteiger partial charge on any atom is -0.497 e. The number of methoxy groups -OCH3 is 1. The average Bonchev–Trinajstić information content (AvgIpc) is 2.69. The summed E-state index contributed by atoms with van der Waals surface area (Å²) in [6.07, 6.45) is 5.44. The van der Waals surface area contributed by atoms with Crippen molar-refractivity contribution in [1.82, 2.24) is 4.90 Å². The van der Waals surface area contributed by atoms with Gasteiger partial charge in [0, 0.05) is 19.2 Å². The van der Waals surface area contributed by atoms with Gasteiger partial charge in [0.1, 0.15) is 5.75 Å². The Labute approximate surface area is 115 Å². The predicted octanol–water partition coefficient (Wildman–Crippen LogP) is 2.57. The van der Waals surface area contributed by atoms with Crippen LogP contribution in [0.5, 0.6) is 5.75 Å². The Balaban J connectivity index is 1.78. The van der Waals surface area contributed by atoms with Gasteiger partial charge in [-0.1, -0.05) is 12.8 Å². The number of benzene rings is 1. The summed E-state index contributed by atoms with van der Waals surface area (Å²) in [6, 6.07) is 5.77. The summed E-state index contributed by atoms with van der Waals surface area (Å²) in [5, 5.41) is 3.41. The van der Waals surface area contributed by atoms with Crippen molar-refractivity contribution in [2.45, 2.75) is 25.7 Å². The fourth-order valence-corrected chi connectivity index (χ4v) is 2.54. The zero-order valence-electron chi connectivity index (χ0n) is 11.8. The molecule has 0 aliphatic carbocycles. The van der Waals surface area contributed by atoms with E-state index in [0.29, 0.717) is 0 Å². The molecule has 106 valence electrons. The highest BCUT2D eigenvalue weighted by Gasteiger charge is 2.08. The lowest BCUT2D eigenvalue weighted by molar-refractivity contribution is 0.296. The first kappa shape index (κ1) is 14.0. The number of nitrogens with one attached hydrogen (secondary N) is 1. The van der Waals surface area contributed by atoms with Gasteiger partial charge in [-0.15, -0.1) is 0 Å². The van der Waals surface area contributed by atoms with Crippen molar-refractivity contribution in [3.8, 4) is 5.75 Å². The summed E-state index contributed by atoms with van der Waals surface area (Å²) in [5.74, 6) is 0.801. The maximum atomic E-state index is 5.99. The molecule has 0 spiro atoms. The van der Waals surface area contributed by atoms with E-state index < -0.39 is 0 Å². The molecule has 3 N–H and O–H groups in total. The normalized spacial score (nSPS) is 16.9.